The molecule has 0 aromatic heterocycles. The Balaban J connectivity index is 2.45. The summed E-state index contributed by atoms with van der Waals surface area (Å²) in [5.41, 5.74) is 7.79. The summed E-state index contributed by atoms with van der Waals surface area (Å²) in [6, 6.07) is 4.04. The van der Waals surface area contributed by atoms with E-state index in [1.807, 2.05) is 6.07 Å². The molecule has 106 valence electrons. The van der Waals surface area contributed by atoms with Gasteiger partial charge in [0.1, 0.15) is 0 Å². The lowest BCUT2D eigenvalue weighted by Gasteiger charge is -2.40. The summed E-state index contributed by atoms with van der Waals surface area (Å²) in [6.45, 7) is 2.15. The van der Waals surface area contributed by atoms with Gasteiger partial charge in [-0.05, 0) is 71.1 Å². The number of halogens is 3. The van der Waals surface area contributed by atoms with Crippen molar-refractivity contribution in [3.8, 4) is 0 Å². The minimum Gasteiger partial charge on any atom is -0.398 e. The van der Waals surface area contributed by atoms with Gasteiger partial charge in [-0.15, -0.1) is 0 Å². The predicted molar refractivity (Wildman–Crippen MR) is 89.2 cm³/mol. The maximum absolute atomic E-state index is 6.25. The summed E-state index contributed by atoms with van der Waals surface area (Å²) in [6.07, 6.45) is 6.26. The molecule has 0 spiro atoms. The van der Waals surface area contributed by atoms with E-state index in [-0.39, 0.29) is 5.54 Å². The molecule has 1 saturated carbocycles. The Bertz CT molecular complexity index is 461. The molecule has 1 unspecified atom stereocenters. The van der Waals surface area contributed by atoms with Crippen LogP contribution in [0.15, 0.2) is 21.1 Å². The number of hydrogen-bond donors (Lipinski definition) is 2. The first-order valence-electron chi connectivity index (χ1n) is 6.62. The summed E-state index contributed by atoms with van der Waals surface area (Å²) < 4.78 is 1.92. The number of rotatable bonds is 3. The van der Waals surface area contributed by atoms with Crippen LogP contribution < -0.4 is 10.6 Å². The quantitative estimate of drug-likeness (QED) is 0.522. The first-order valence-corrected chi connectivity index (χ1v) is 8.58. The summed E-state index contributed by atoms with van der Waals surface area (Å²) in [5, 5.41) is 0. The molecule has 1 atom stereocenters. The molecule has 3 N–H and O–H groups in total. The molecule has 1 aliphatic rings. The summed E-state index contributed by atoms with van der Waals surface area (Å²) in [5.74, 6) is 0.516. The normalized spacial score (nSPS) is 20.2. The van der Waals surface area contributed by atoms with Crippen LogP contribution in [0.5, 0.6) is 0 Å². The van der Waals surface area contributed by atoms with E-state index in [1.165, 1.54) is 32.1 Å². The van der Waals surface area contributed by atoms with Crippen molar-refractivity contribution in [3.05, 3.63) is 26.6 Å². The second kappa shape index (κ2) is 6.33. The highest BCUT2D eigenvalue weighted by molar-refractivity contribution is 9.11. The molecule has 0 aliphatic heterocycles. The number of nitrogen functional groups attached to an aromatic ring is 1. The third-order valence-corrected chi connectivity index (χ3v) is 5.78. The first-order chi connectivity index (χ1) is 8.99. The van der Waals surface area contributed by atoms with Crippen molar-refractivity contribution in [2.75, 3.05) is 5.73 Å². The lowest BCUT2D eigenvalue weighted by molar-refractivity contribution is 0.207. The van der Waals surface area contributed by atoms with Crippen LogP contribution in [0.2, 0.25) is 0 Å². The molecule has 0 heterocycles. The number of benzene rings is 1. The zero-order valence-electron chi connectivity index (χ0n) is 11.0. The molecule has 0 bridgehead atoms. The number of nitrogens with one attached hydrogen (secondary N) is 1. The molecule has 2 nitrogen and oxygen atoms in total. The molecule has 1 aromatic rings. The van der Waals surface area contributed by atoms with Crippen LogP contribution in [0.3, 0.4) is 0 Å². The highest BCUT2D eigenvalue weighted by Gasteiger charge is 2.38. The molecule has 0 saturated heterocycles. The second-order valence-corrected chi connectivity index (χ2v) is 7.44. The average Bonchev–Trinajstić information content (AvgIpc) is 2.43. The summed E-state index contributed by atoms with van der Waals surface area (Å²) >= 11 is 13.2. The van der Waals surface area contributed by atoms with Crippen LogP contribution in [0, 0.1) is 5.92 Å². The number of anilines is 1. The Morgan fingerprint density at radius 2 is 1.89 bits per heavy atom. The van der Waals surface area contributed by atoms with Gasteiger partial charge in [0.25, 0.3) is 0 Å². The fraction of sp³-hybridized carbons (Fsp3) is 0.571. The Morgan fingerprint density at radius 1 is 1.26 bits per heavy atom. The Hall–Kier alpha value is 0.230. The van der Waals surface area contributed by atoms with Gasteiger partial charge in [0.15, 0.2) is 0 Å². The highest BCUT2D eigenvalue weighted by atomic mass is 79.9. The molecule has 1 aromatic carbocycles. The van der Waals surface area contributed by atoms with Crippen molar-refractivity contribution in [1.82, 2.24) is 4.84 Å². The van der Waals surface area contributed by atoms with Gasteiger partial charge < -0.3 is 5.73 Å². The van der Waals surface area contributed by atoms with E-state index < -0.39 is 0 Å². The zero-order valence-corrected chi connectivity index (χ0v) is 14.9. The molecule has 1 fully saturated rings. The smallest absolute Gasteiger partial charge is 0.0601 e. The Labute approximate surface area is 136 Å². The van der Waals surface area contributed by atoms with Crippen LogP contribution in [0.1, 0.15) is 44.6 Å². The van der Waals surface area contributed by atoms with Crippen LogP contribution in [-0.4, -0.2) is 0 Å². The molecule has 1 aliphatic carbocycles. The fourth-order valence-corrected chi connectivity index (χ4v) is 4.52. The lowest BCUT2D eigenvalue weighted by atomic mass is 9.72. The minimum absolute atomic E-state index is 0.293. The van der Waals surface area contributed by atoms with E-state index in [0.29, 0.717) is 5.92 Å². The largest absolute Gasteiger partial charge is 0.398 e. The van der Waals surface area contributed by atoms with Gasteiger partial charge >= 0.3 is 0 Å². The van der Waals surface area contributed by atoms with E-state index >= 15 is 0 Å². The average molecular weight is 411 g/mol. The standard InChI is InChI=1S/C14H19Br2ClN2/c1-14(19-17,9-5-3-2-4-6-9)11-7-10(15)8-12(16)13(11)18/h7-9,19H,2-6,18H2,1H3. The van der Waals surface area contributed by atoms with Gasteiger partial charge in [0.05, 0.1) is 11.2 Å². The third-order valence-electron chi connectivity index (χ3n) is 4.27. The summed E-state index contributed by atoms with van der Waals surface area (Å²) in [4.78, 5) is 3.01. The summed E-state index contributed by atoms with van der Waals surface area (Å²) in [7, 11) is 0. The van der Waals surface area contributed by atoms with Crippen LogP contribution in [-0.2, 0) is 5.54 Å². The second-order valence-electron chi connectivity index (χ2n) is 5.48. The van der Waals surface area contributed by atoms with E-state index in [2.05, 4.69) is 49.7 Å². The molecule has 0 amide bonds. The zero-order chi connectivity index (χ0) is 14.0. The fourth-order valence-electron chi connectivity index (χ4n) is 3.04. The topological polar surface area (TPSA) is 38.0 Å². The van der Waals surface area contributed by atoms with Gasteiger partial charge in [0.2, 0.25) is 0 Å². The Morgan fingerprint density at radius 3 is 2.47 bits per heavy atom. The van der Waals surface area contributed by atoms with E-state index in [1.54, 1.807) is 0 Å². The minimum atomic E-state index is -0.293. The van der Waals surface area contributed by atoms with Crippen molar-refractivity contribution in [2.45, 2.75) is 44.6 Å². The van der Waals surface area contributed by atoms with Crippen LogP contribution >= 0.6 is 43.6 Å². The predicted octanol–water partition coefficient (Wildman–Crippen LogP) is 5.33. The molecule has 19 heavy (non-hydrogen) atoms. The lowest BCUT2D eigenvalue weighted by Crippen LogP contribution is -2.43. The monoisotopic (exact) mass is 408 g/mol. The van der Waals surface area contributed by atoms with E-state index in [4.69, 9.17) is 17.5 Å². The van der Waals surface area contributed by atoms with Crippen molar-refractivity contribution in [3.63, 3.8) is 0 Å². The molecule has 5 heteroatoms. The third kappa shape index (κ3) is 3.12. The molecule has 2 rings (SSSR count). The van der Waals surface area contributed by atoms with Crippen molar-refractivity contribution < 1.29 is 0 Å². The van der Waals surface area contributed by atoms with Gasteiger partial charge in [-0.1, -0.05) is 35.2 Å². The van der Waals surface area contributed by atoms with Crippen molar-refractivity contribution in [2.24, 2.45) is 5.92 Å². The van der Waals surface area contributed by atoms with Gasteiger partial charge in [-0.3, -0.25) is 0 Å². The van der Waals surface area contributed by atoms with E-state index in [0.717, 1.165) is 20.2 Å². The van der Waals surface area contributed by atoms with Crippen LogP contribution in [0.25, 0.3) is 0 Å². The molecular weight excluding hydrogens is 391 g/mol. The van der Waals surface area contributed by atoms with Crippen LogP contribution in [0.4, 0.5) is 5.69 Å². The maximum atomic E-state index is 6.25. The molecule has 0 radical (unpaired) electrons. The van der Waals surface area contributed by atoms with Gasteiger partial charge in [-0.25, -0.2) is 4.84 Å². The first kappa shape index (κ1) is 15.6. The number of hydrogen-bond acceptors (Lipinski definition) is 2. The van der Waals surface area contributed by atoms with Gasteiger partial charge in [0, 0.05) is 8.95 Å². The molecular formula is C14H19Br2ClN2. The van der Waals surface area contributed by atoms with Crippen molar-refractivity contribution >= 4 is 49.3 Å². The SMILES string of the molecule is CC(NCl)(c1cc(Br)cc(Br)c1N)C1CCCCC1. The van der Waals surface area contributed by atoms with Crippen molar-refractivity contribution in [1.29, 1.82) is 0 Å². The highest BCUT2D eigenvalue weighted by Crippen LogP contribution is 2.44. The maximum Gasteiger partial charge on any atom is 0.0601 e. The Kier molecular flexibility index (Phi) is 5.21. The van der Waals surface area contributed by atoms with E-state index in [9.17, 15) is 0 Å². The number of nitrogens with two attached hydrogens (primary N) is 1. The van der Waals surface area contributed by atoms with Gasteiger partial charge in [-0.2, -0.15) is 0 Å².